The number of thiophene rings is 1. The predicted molar refractivity (Wildman–Crippen MR) is 148 cm³/mol. The van der Waals surface area contributed by atoms with Gasteiger partial charge < -0.3 is 0 Å². The average molecular weight is 572 g/mol. The molecule has 5 rings (SSSR count). The first-order valence-corrected chi connectivity index (χ1v) is 15.9. The van der Waals surface area contributed by atoms with Gasteiger partial charge in [0.25, 0.3) is 0 Å². The number of aromatic nitrogens is 1. The van der Waals surface area contributed by atoms with Crippen molar-refractivity contribution >= 4 is 49.5 Å². The Balaban J connectivity index is 2.06. The molecule has 0 radical (unpaired) electrons. The molecule has 2 heterocycles. The molecule has 194 valence electrons. The molecule has 3 aromatic carbocycles. The van der Waals surface area contributed by atoms with E-state index in [9.17, 15) is 21.6 Å². The summed E-state index contributed by atoms with van der Waals surface area (Å²) >= 11 is 1.44. The Hall–Kier alpha value is -3.36. The van der Waals surface area contributed by atoms with Gasteiger partial charge in [-0.2, -0.15) is 0 Å². The standard InChI is InChI=1S/C28H21F3NO3PS2/c29-28(30,31)38(33,34)35-36(23-10-4-1-5-11-23,24-12-6-2-7-13-24,25-14-8-3-9-15-25)26-16-18-32-27(20-26)22-17-19-37-21-22/h1-21H. The van der Waals surface area contributed by atoms with Gasteiger partial charge in [-0.25, -0.2) is 0 Å². The van der Waals surface area contributed by atoms with Crippen LogP contribution in [0, 0.1) is 0 Å². The number of nitrogens with zero attached hydrogens (tertiary/aromatic N) is 1. The molecule has 0 atom stereocenters. The van der Waals surface area contributed by atoms with Gasteiger partial charge in [-0.1, -0.05) is 0 Å². The molecular formula is C28H21F3NO3PS2. The molecule has 0 unspecified atom stereocenters. The molecule has 38 heavy (non-hydrogen) atoms. The van der Waals surface area contributed by atoms with Crippen LogP contribution in [0.4, 0.5) is 13.2 Å². The molecule has 0 N–H and O–H groups in total. The van der Waals surface area contributed by atoms with Gasteiger partial charge in [-0.05, 0) is 0 Å². The van der Waals surface area contributed by atoms with E-state index >= 15 is 0 Å². The van der Waals surface area contributed by atoms with Gasteiger partial charge in [0, 0.05) is 0 Å². The van der Waals surface area contributed by atoms with Crippen LogP contribution < -0.4 is 21.2 Å². The van der Waals surface area contributed by atoms with E-state index in [-0.39, 0.29) is 5.30 Å². The minimum absolute atomic E-state index is 0.267. The number of alkyl halides is 3. The Labute approximate surface area is 222 Å². The second kappa shape index (κ2) is 9.75. The van der Waals surface area contributed by atoms with Crippen LogP contribution in [0.15, 0.2) is 126 Å². The Morgan fingerprint density at radius 3 is 1.63 bits per heavy atom. The summed E-state index contributed by atoms with van der Waals surface area (Å²) in [5.74, 6) is 0. The molecule has 2 aromatic heterocycles. The molecule has 0 saturated carbocycles. The van der Waals surface area contributed by atoms with Crippen LogP contribution in [0.2, 0.25) is 0 Å². The van der Waals surface area contributed by atoms with Crippen LogP contribution in [-0.2, 0) is 14.1 Å². The van der Waals surface area contributed by atoms with Crippen molar-refractivity contribution in [2.75, 3.05) is 0 Å². The van der Waals surface area contributed by atoms with E-state index in [1.54, 1.807) is 103 Å². The Bertz CT molecular complexity index is 1550. The molecule has 0 saturated heterocycles. The predicted octanol–water partition coefficient (Wildman–Crippen LogP) is 5.75. The quantitative estimate of drug-likeness (QED) is 0.185. The second-order valence-corrected chi connectivity index (χ2v) is 15.3. The summed E-state index contributed by atoms with van der Waals surface area (Å²) in [7, 11) is -6.13. The third kappa shape index (κ3) is 4.07. The Morgan fingerprint density at radius 1 is 0.711 bits per heavy atom. The topological polar surface area (TPSA) is 56.3 Å². The van der Waals surface area contributed by atoms with Gasteiger partial charge in [0.2, 0.25) is 0 Å². The van der Waals surface area contributed by atoms with E-state index in [0.717, 1.165) is 5.56 Å². The van der Waals surface area contributed by atoms with Crippen molar-refractivity contribution in [3.63, 3.8) is 0 Å². The van der Waals surface area contributed by atoms with E-state index < -0.39 is 22.5 Å². The number of benzene rings is 3. The summed E-state index contributed by atoms with van der Waals surface area (Å²) in [6, 6.07) is 29.8. The Morgan fingerprint density at radius 2 is 1.21 bits per heavy atom. The fraction of sp³-hybridized carbons (Fsp3) is 0.0357. The zero-order chi connectivity index (χ0) is 26.9. The normalized spacial score (nSPS) is 13.5. The molecule has 0 aliphatic heterocycles. The van der Waals surface area contributed by atoms with Crippen LogP contribution in [0.3, 0.4) is 0 Å². The van der Waals surface area contributed by atoms with Crippen molar-refractivity contribution in [2.24, 2.45) is 0 Å². The molecular weight excluding hydrogens is 550 g/mol. The van der Waals surface area contributed by atoms with E-state index in [4.69, 9.17) is 3.97 Å². The first-order valence-electron chi connectivity index (χ1n) is 11.4. The summed E-state index contributed by atoms with van der Waals surface area (Å²) in [6.07, 6.45) is 1.47. The third-order valence-corrected chi connectivity index (χ3v) is 14.7. The molecule has 0 spiro atoms. The molecule has 0 aliphatic rings. The maximum absolute atomic E-state index is 14.2. The van der Waals surface area contributed by atoms with Crippen molar-refractivity contribution in [2.45, 2.75) is 5.51 Å². The van der Waals surface area contributed by atoms with Crippen LogP contribution in [0.5, 0.6) is 0 Å². The minimum atomic E-state index is -6.13. The summed E-state index contributed by atoms with van der Waals surface area (Å²) < 4.78 is 74.7. The molecule has 10 heteroatoms. The van der Waals surface area contributed by atoms with Crippen molar-refractivity contribution in [1.29, 1.82) is 0 Å². The van der Waals surface area contributed by atoms with Gasteiger partial charge >= 0.3 is 223 Å². The summed E-state index contributed by atoms with van der Waals surface area (Å²) in [6.45, 7) is -5.12. The van der Waals surface area contributed by atoms with Gasteiger partial charge in [-0.3, -0.25) is 0 Å². The third-order valence-electron chi connectivity index (χ3n) is 6.33. The summed E-state index contributed by atoms with van der Waals surface area (Å²) in [4.78, 5) is 4.45. The van der Waals surface area contributed by atoms with E-state index in [0.29, 0.717) is 21.6 Å². The monoisotopic (exact) mass is 571 g/mol. The molecule has 0 bridgehead atoms. The zero-order valence-electron chi connectivity index (χ0n) is 19.7. The molecule has 0 amide bonds. The van der Waals surface area contributed by atoms with E-state index in [1.807, 2.05) is 16.8 Å². The number of hydrogen-bond acceptors (Lipinski definition) is 5. The SMILES string of the molecule is O=S(=O)(OP(c1ccccc1)(c1ccccc1)(c1ccccc1)c1ccnc(-c2ccsc2)c1)C(F)(F)F. The van der Waals surface area contributed by atoms with Crippen LogP contribution in [-0.4, -0.2) is 18.9 Å². The first kappa shape index (κ1) is 26.3. The van der Waals surface area contributed by atoms with Gasteiger partial charge in [-0.15, -0.1) is 0 Å². The van der Waals surface area contributed by atoms with Crippen molar-refractivity contribution < 1.29 is 25.6 Å². The number of rotatable bonds is 7. The fourth-order valence-corrected chi connectivity index (χ4v) is 13.4. The zero-order valence-corrected chi connectivity index (χ0v) is 22.2. The van der Waals surface area contributed by atoms with Crippen LogP contribution >= 0.6 is 18.2 Å². The van der Waals surface area contributed by atoms with Crippen molar-refractivity contribution in [3.05, 3.63) is 126 Å². The number of halogens is 3. The summed E-state index contributed by atoms with van der Waals surface area (Å²) in [5.41, 5.74) is -4.44. The first-order chi connectivity index (χ1) is 18.2. The average Bonchev–Trinajstić information content (AvgIpc) is 3.48. The second-order valence-electron chi connectivity index (χ2n) is 8.43. The number of hydrogen-bond donors (Lipinski definition) is 0. The fourth-order valence-electron chi connectivity index (χ4n) is 4.70. The summed E-state index contributed by atoms with van der Waals surface area (Å²) in [5, 5.41) is 4.88. The Kier molecular flexibility index (Phi) is 6.73. The van der Waals surface area contributed by atoms with Crippen molar-refractivity contribution in [3.8, 4) is 11.3 Å². The molecule has 0 fully saturated rings. The van der Waals surface area contributed by atoms with E-state index in [1.165, 1.54) is 17.5 Å². The van der Waals surface area contributed by atoms with Crippen LogP contribution in [0.25, 0.3) is 11.3 Å². The van der Waals surface area contributed by atoms with E-state index in [2.05, 4.69) is 4.98 Å². The van der Waals surface area contributed by atoms with Crippen molar-refractivity contribution in [1.82, 2.24) is 4.98 Å². The maximum atomic E-state index is 14.2. The molecule has 0 aliphatic carbocycles. The number of pyridine rings is 1. The van der Waals surface area contributed by atoms with Crippen LogP contribution in [0.1, 0.15) is 0 Å². The van der Waals surface area contributed by atoms with Gasteiger partial charge in [0.15, 0.2) is 0 Å². The van der Waals surface area contributed by atoms with Gasteiger partial charge in [0.1, 0.15) is 0 Å². The molecule has 4 nitrogen and oxygen atoms in total. The van der Waals surface area contributed by atoms with Gasteiger partial charge in [0.05, 0.1) is 0 Å². The molecule has 5 aromatic rings.